The van der Waals surface area contributed by atoms with Gasteiger partial charge in [0.05, 0.1) is 0 Å². The van der Waals surface area contributed by atoms with Crippen LogP contribution in [0.15, 0.2) is 0 Å². The molecule has 0 bridgehead atoms. The van der Waals surface area contributed by atoms with E-state index < -0.39 is 5.97 Å². The van der Waals surface area contributed by atoms with Gasteiger partial charge in [-0.15, -0.1) is 0 Å². The molecule has 4 heteroatoms. The number of hydrogen-bond donors (Lipinski definition) is 0. The molecule has 0 radical (unpaired) electrons. The van der Waals surface area contributed by atoms with E-state index in [4.69, 9.17) is 14.2 Å². The minimum absolute atomic E-state index is 0.326. The van der Waals surface area contributed by atoms with Crippen molar-refractivity contribution in [2.75, 3.05) is 19.8 Å². The standard InChI is InChI=1S/C9H22O3Si/c1-5-10-9(8(4)13,11-6-2)12-7-3/h8H,5-7H2,1-4,13H3/t8-/m1/s1. The highest BCUT2D eigenvalue weighted by Gasteiger charge is 2.36. The molecule has 0 fully saturated rings. The first-order valence-electron chi connectivity index (χ1n) is 5.04. The van der Waals surface area contributed by atoms with Crippen LogP contribution in [0.4, 0.5) is 0 Å². The quantitative estimate of drug-likeness (QED) is 0.458. The van der Waals surface area contributed by atoms with Gasteiger partial charge in [0.1, 0.15) is 0 Å². The first-order valence-corrected chi connectivity index (χ1v) is 6.20. The summed E-state index contributed by atoms with van der Waals surface area (Å²) in [7, 11) is 0.994. The summed E-state index contributed by atoms with van der Waals surface area (Å²) in [5.74, 6) is -0.787. The minimum atomic E-state index is -0.787. The third-order valence-corrected chi connectivity index (χ3v) is 2.45. The Morgan fingerprint density at radius 1 is 1.00 bits per heavy atom. The van der Waals surface area contributed by atoms with Gasteiger partial charge >= 0.3 is 0 Å². The Balaban J connectivity index is 4.38. The minimum Gasteiger partial charge on any atom is -0.328 e. The monoisotopic (exact) mass is 206 g/mol. The normalized spacial score (nSPS) is 14.8. The number of ether oxygens (including phenoxy) is 3. The Kier molecular flexibility index (Phi) is 6.58. The van der Waals surface area contributed by atoms with Gasteiger partial charge < -0.3 is 14.2 Å². The lowest BCUT2D eigenvalue weighted by atomic mass is 10.4. The van der Waals surface area contributed by atoms with Gasteiger partial charge in [0.25, 0.3) is 5.97 Å². The molecule has 0 aromatic carbocycles. The van der Waals surface area contributed by atoms with Crippen LogP contribution in [0.2, 0.25) is 5.54 Å². The second kappa shape index (κ2) is 6.54. The molecule has 0 rings (SSSR count). The van der Waals surface area contributed by atoms with Gasteiger partial charge in [0, 0.05) is 35.6 Å². The van der Waals surface area contributed by atoms with Crippen molar-refractivity contribution in [3.8, 4) is 0 Å². The molecule has 0 unspecified atom stereocenters. The zero-order chi connectivity index (χ0) is 10.3. The summed E-state index contributed by atoms with van der Waals surface area (Å²) < 4.78 is 16.7. The Hall–Kier alpha value is 0.0969. The zero-order valence-corrected chi connectivity index (χ0v) is 11.4. The van der Waals surface area contributed by atoms with Crippen molar-refractivity contribution >= 4 is 10.2 Å². The van der Waals surface area contributed by atoms with Crippen LogP contribution in [0.25, 0.3) is 0 Å². The molecule has 0 saturated carbocycles. The predicted octanol–water partition coefficient (Wildman–Crippen LogP) is 0.923. The molecule has 1 atom stereocenters. The van der Waals surface area contributed by atoms with Crippen LogP contribution in [0.1, 0.15) is 27.7 Å². The van der Waals surface area contributed by atoms with Crippen LogP contribution in [0.5, 0.6) is 0 Å². The average molecular weight is 206 g/mol. The Labute approximate surface area is 84.2 Å². The molecular formula is C9H22O3Si. The van der Waals surface area contributed by atoms with E-state index in [1.165, 1.54) is 0 Å². The van der Waals surface area contributed by atoms with E-state index in [1.807, 2.05) is 20.8 Å². The molecule has 0 aromatic rings. The van der Waals surface area contributed by atoms with Gasteiger partial charge in [-0.05, 0) is 20.8 Å². The lowest BCUT2D eigenvalue weighted by molar-refractivity contribution is -0.376. The fraction of sp³-hybridized carbons (Fsp3) is 1.00. The summed E-state index contributed by atoms with van der Waals surface area (Å²) in [5.41, 5.74) is 0.326. The Bertz CT molecular complexity index is 111. The van der Waals surface area contributed by atoms with Crippen LogP contribution < -0.4 is 0 Å². The van der Waals surface area contributed by atoms with Gasteiger partial charge in [-0.25, -0.2) is 0 Å². The fourth-order valence-electron chi connectivity index (χ4n) is 1.23. The summed E-state index contributed by atoms with van der Waals surface area (Å²) in [4.78, 5) is 0. The SMILES string of the molecule is CCOC(OCC)(OCC)[C@@H](C)[SiH3]. The second-order valence-corrected chi connectivity index (χ2v) is 4.79. The highest BCUT2D eigenvalue weighted by molar-refractivity contribution is 6.11. The summed E-state index contributed by atoms with van der Waals surface area (Å²) in [5, 5.41) is 0. The van der Waals surface area contributed by atoms with Gasteiger partial charge in [0.2, 0.25) is 0 Å². The molecule has 0 saturated heterocycles. The zero-order valence-electron chi connectivity index (χ0n) is 9.42. The van der Waals surface area contributed by atoms with E-state index in [9.17, 15) is 0 Å². The van der Waals surface area contributed by atoms with E-state index in [-0.39, 0.29) is 0 Å². The largest absolute Gasteiger partial charge is 0.328 e. The lowest BCUT2D eigenvalue weighted by Gasteiger charge is -2.35. The molecule has 0 heterocycles. The first-order chi connectivity index (χ1) is 6.13. The second-order valence-electron chi connectivity index (χ2n) is 3.06. The molecule has 0 amide bonds. The average Bonchev–Trinajstić information content (AvgIpc) is 2.05. The molecule has 0 aliphatic carbocycles. The smallest absolute Gasteiger partial charge is 0.282 e. The maximum Gasteiger partial charge on any atom is 0.282 e. The van der Waals surface area contributed by atoms with Crippen molar-refractivity contribution in [2.45, 2.75) is 39.2 Å². The highest BCUT2D eigenvalue weighted by Crippen LogP contribution is 2.27. The molecule has 0 aliphatic heterocycles. The molecule has 3 nitrogen and oxygen atoms in total. The summed E-state index contributed by atoms with van der Waals surface area (Å²) in [6.07, 6.45) is 0. The topological polar surface area (TPSA) is 27.7 Å². The molecule has 0 N–H and O–H groups in total. The number of rotatable bonds is 7. The fourth-order valence-corrected chi connectivity index (χ4v) is 1.73. The van der Waals surface area contributed by atoms with E-state index >= 15 is 0 Å². The summed E-state index contributed by atoms with van der Waals surface area (Å²) >= 11 is 0. The third-order valence-electron chi connectivity index (χ3n) is 1.74. The van der Waals surface area contributed by atoms with Crippen LogP contribution in [0, 0.1) is 0 Å². The Morgan fingerprint density at radius 3 is 1.46 bits per heavy atom. The predicted molar refractivity (Wildman–Crippen MR) is 57.0 cm³/mol. The van der Waals surface area contributed by atoms with Crippen LogP contribution in [-0.4, -0.2) is 36.0 Å². The van der Waals surface area contributed by atoms with E-state index in [2.05, 4.69) is 6.92 Å². The maximum atomic E-state index is 5.56. The van der Waals surface area contributed by atoms with E-state index in [1.54, 1.807) is 0 Å². The van der Waals surface area contributed by atoms with E-state index in [0.717, 1.165) is 10.2 Å². The molecule has 80 valence electrons. The van der Waals surface area contributed by atoms with Gasteiger partial charge in [-0.2, -0.15) is 0 Å². The van der Waals surface area contributed by atoms with Crippen molar-refractivity contribution in [1.29, 1.82) is 0 Å². The van der Waals surface area contributed by atoms with Crippen LogP contribution in [-0.2, 0) is 14.2 Å². The van der Waals surface area contributed by atoms with E-state index in [0.29, 0.717) is 25.4 Å². The van der Waals surface area contributed by atoms with Crippen LogP contribution in [0.3, 0.4) is 0 Å². The molecule has 0 aliphatic rings. The highest BCUT2D eigenvalue weighted by atomic mass is 28.1. The van der Waals surface area contributed by atoms with Crippen molar-refractivity contribution in [2.24, 2.45) is 0 Å². The lowest BCUT2D eigenvalue weighted by Crippen LogP contribution is -2.43. The number of hydrogen-bond acceptors (Lipinski definition) is 3. The molecular weight excluding hydrogens is 184 g/mol. The van der Waals surface area contributed by atoms with Crippen LogP contribution >= 0.6 is 0 Å². The molecule has 13 heavy (non-hydrogen) atoms. The maximum absolute atomic E-state index is 5.56. The van der Waals surface area contributed by atoms with Crippen molar-refractivity contribution in [3.05, 3.63) is 0 Å². The van der Waals surface area contributed by atoms with Crippen molar-refractivity contribution in [1.82, 2.24) is 0 Å². The van der Waals surface area contributed by atoms with Gasteiger partial charge in [0.15, 0.2) is 0 Å². The Morgan fingerprint density at radius 2 is 1.31 bits per heavy atom. The van der Waals surface area contributed by atoms with Gasteiger partial charge in [-0.1, -0.05) is 6.92 Å². The summed E-state index contributed by atoms with van der Waals surface area (Å²) in [6.45, 7) is 9.81. The summed E-state index contributed by atoms with van der Waals surface area (Å²) in [6, 6.07) is 0. The molecule has 0 spiro atoms. The first kappa shape index (κ1) is 13.1. The van der Waals surface area contributed by atoms with Crippen molar-refractivity contribution in [3.63, 3.8) is 0 Å². The third kappa shape index (κ3) is 3.77. The van der Waals surface area contributed by atoms with Gasteiger partial charge in [-0.3, -0.25) is 0 Å². The van der Waals surface area contributed by atoms with Crippen molar-refractivity contribution < 1.29 is 14.2 Å². The molecule has 0 aromatic heterocycles.